The van der Waals surface area contributed by atoms with E-state index in [1.807, 2.05) is 48.5 Å². The van der Waals surface area contributed by atoms with Crippen LogP contribution in [-0.4, -0.2) is 27.4 Å². The van der Waals surface area contributed by atoms with E-state index in [0.29, 0.717) is 17.3 Å². The van der Waals surface area contributed by atoms with Crippen molar-refractivity contribution >= 4 is 46.5 Å². The predicted octanol–water partition coefficient (Wildman–Crippen LogP) is 4.57. The van der Waals surface area contributed by atoms with Gasteiger partial charge < -0.3 is 8.98 Å². The predicted molar refractivity (Wildman–Crippen MR) is 115 cm³/mol. The molecule has 2 heterocycles. The molecule has 0 aliphatic carbocycles. The summed E-state index contributed by atoms with van der Waals surface area (Å²) in [5.41, 5.74) is 5.35. The number of rotatable bonds is 7. The molecule has 1 amide bonds. The third-order valence-electron chi connectivity index (χ3n) is 4.16. The van der Waals surface area contributed by atoms with Crippen molar-refractivity contribution in [3.05, 3.63) is 83.3 Å². The number of furan rings is 1. The summed E-state index contributed by atoms with van der Waals surface area (Å²) in [5.74, 6) is 0.523. The summed E-state index contributed by atoms with van der Waals surface area (Å²) in [6.45, 7) is 0.570. The van der Waals surface area contributed by atoms with Crippen LogP contribution in [0.3, 0.4) is 0 Å². The third kappa shape index (κ3) is 4.70. The molecular weight excluding hydrogens is 408 g/mol. The van der Waals surface area contributed by atoms with Crippen molar-refractivity contribution in [3.8, 4) is 0 Å². The highest BCUT2D eigenvalue weighted by atomic mass is 35.5. The standard InChI is InChI=1S/C21H17ClN4O2S/c22-17-8-2-1-6-15(17)13-26-19-10-4-3-9-18(19)24-21(26)29-14-20(27)25-23-12-16-7-5-11-28-16/h1-12H,13-14H2,(H,25,27)/b23-12+. The molecule has 29 heavy (non-hydrogen) atoms. The molecule has 0 aliphatic heterocycles. The lowest BCUT2D eigenvalue weighted by molar-refractivity contribution is -0.118. The van der Waals surface area contributed by atoms with Gasteiger partial charge in [-0.05, 0) is 35.9 Å². The SMILES string of the molecule is O=C(CSc1nc2ccccc2n1Cc1ccccc1Cl)N/N=C/c1ccco1. The zero-order valence-electron chi connectivity index (χ0n) is 15.3. The van der Waals surface area contributed by atoms with Crippen LogP contribution in [0.2, 0.25) is 5.02 Å². The van der Waals surface area contributed by atoms with Crippen molar-refractivity contribution in [3.63, 3.8) is 0 Å². The van der Waals surface area contributed by atoms with Crippen molar-refractivity contribution in [2.24, 2.45) is 5.10 Å². The van der Waals surface area contributed by atoms with Gasteiger partial charge in [0.05, 0.1) is 35.8 Å². The van der Waals surface area contributed by atoms with E-state index in [1.54, 1.807) is 18.4 Å². The Morgan fingerprint density at radius 3 is 2.83 bits per heavy atom. The van der Waals surface area contributed by atoms with Gasteiger partial charge in [-0.2, -0.15) is 5.10 Å². The number of carbonyl (C=O) groups is 1. The van der Waals surface area contributed by atoms with Crippen LogP contribution in [0.15, 0.2) is 81.6 Å². The number of hydrazone groups is 1. The number of thioether (sulfide) groups is 1. The Morgan fingerprint density at radius 1 is 1.17 bits per heavy atom. The summed E-state index contributed by atoms with van der Waals surface area (Å²) >= 11 is 7.70. The van der Waals surface area contributed by atoms with Gasteiger partial charge in [-0.25, -0.2) is 10.4 Å². The Labute approximate surface area is 176 Å². The number of carbonyl (C=O) groups excluding carboxylic acids is 1. The maximum Gasteiger partial charge on any atom is 0.250 e. The molecule has 0 saturated carbocycles. The van der Waals surface area contributed by atoms with Crippen molar-refractivity contribution in [2.45, 2.75) is 11.7 Å². The maximum absolute atomic E-state index is 12.1. The van der Waals surface area contributed by atoms with Crippen LogP contribution < -0.4 is 5.43 Å². The summed E-state index contributed by atoms with van der Waals surface area (Å²) in [5, 5.41) is 5.34. The van der Waals surface area contributed by atoms with E-state index in [1.165, 1.54) is 18.0 Å². The lowest BCUT2D eigenvalue weighted by Crippen LogP contribution is -2.20. The summed E-state index contributed by atoms with van der Waals surface area (Å²) < 4.78 is 7.20. The number of hydrogen-bond acceptors (Lipinski definition) is 5. The van der Waals surface area contributed by atoms with Gasteiger partial charge in [-0.1, -0.05) is 53.7 Å². The molecule has 1 N–H and O–H groups in total. The van der Waals surface area contributed by atoms with Gasteiger partial charge in [0, 0.05) is 5.02 Å². The summed E-state index contributed by atoms with van der Waals surface area (Å²) in [6.07, 6.45) is 3.00. The molecule has 4 aromatic rings. The van der Waals surface area contributed by atoms with E-state index in [2.05, 4.69) is 20.1 Å². The van der Waals surface area contributed by atoms with Crippen LogP contribution in [-0.2, 0) is 11.3 Å². The van der Waals surface area contributed by atoms with Gasteiger partial charge >= 0.3 is 0 Å². The normalized spacial score (nSPS) is 11.3. The van der Waals surface area contributed by atoms with Crippen LogP contribution in [0.4, 0.5) is 0 Å². The summed E-state index contributed by atoms with van der Waals surface area (Å²) in [7, 11) is 0. The number of nitrogens with one attached hydrogen (secondary N) is 1. The first kappa shape index (κ1) is 19.3. The second kappa shape index (κ2) is 8.98. The minimum Gasteiger partial charge on any atom is -0.463 e. The minimum atomic E-state index is -0.228. The molecule has 4 rings (SSSR count). The fraction of sp³-hybridized carbons (Fsp3) is 0.0952. The Bertz CT molecular complexity index is 1150. The smallest absolute Gasteiger partial charge is 0.250 e. The van der Waals surface area contributed by atoms with Crippen molar-refractivity contribution in [1.82, 2.24) is 15.0 Å². The van der Waals surface area contributed by atoms with Gasteiger partial charge in [0.2, 0.25) is 0 Å². The minimum absolute atomic E-state index is 0.182. The molecule has 2 aromatic heterocycles. The fourth-order valence-electron chi connectivity index (χ4n) is 2.81. The van der Waals surface area contributed by atoms with Gasteiger partial charge in [0.25, 0.3) is 5.91 Å². The monoisotopic (exact) mass is 424 g/mol. The number of imidazole rings is 1. The number of nitrogens with zero attached hydrogens (tertiary/aromatic N) is 3. The molecule has 8 heteroatoms. The van der Waals surface area contributed by atoms with E-state index in [9.17, 15) is 4.79 Å². The molecule has 0 unspecified atom stereocenters. The molecule has 0 aliphatic rings. The number of para-hydroxylation sites is 2. The van der Waals surface area contributed by atoms with Crippen LogP contribution in [0, 0.1) is 0 Å². The third-order valence-corrected chi connectivity index (χ3v) is 5.51. The Hall–Kier alpha value is -3.03. The second-order valence-electron chi connectivity index (χ2n) is 6.16. The number of hydrogen-bond donors (Lipinski definition) is 1. The zero-order valence-corrected chi connectivity index (χ0v) is 16.9. The Morgan fingerprint density at radius 2 is 2.00 bits per heavy atom. The van der Waals surface area contributed by atoms with Crippen molar-refractivity contribution in [1.29, 1.82) is 0 Å². The lowest BCUT2D eigenvalue weighted by Gasteiger charge is -2.10. The maximum atomic E-state index is 12.1. The van der Waals surface area contributed by atoms with Crippen molar-refractivity contribution in [2.75, 3.05) is 5.75 Å². The van der Waals surface area contributed by atoms with E-state index in [4.69, 9.17) is 16.0 Å². The van der Waals surface area contributed by atoms with E-state index < -0.39 is 0 Å². The quantitative estimate of drug-likeness (QED) is 0.268. The van der Waals surface area contributed by atoms with Gasteiger partial charge in [0.15, 0.2) is 5.16 Å². The molecule has 146 valence electrons. The highest BCUT2D eigenvalue weighted by Gasteiger charge is 2.14. The Kier molecular flexibility index (Phi) is 5.97. The molecule has 2 aromatic carbocycles. The topological polar surface area (TPSA) is 72.4 Å². The average molecular weight is 425 g/mol. The molecule has 0 radical (unpaired) electrons. The molecule has 6 nitrogen and oxygen atoms in total. The largest absolute Gasteiger partial charge is 0.463 e. The number of benzene rings is 2. The Balaban J connectivity index is 1.49. The summed E-state index contributed by atoms with van der Waals surface area (Å²) in [6, 6.07) is 19.1. The lowest BCUT2D eigenvalue weighted by atomic mass is 10.2. The van der Waals surface area contributed by atoms with Crippen LogP contribution in [0.25, 0.3) is 11.0 Å². The van der Waals surface area contributed by atoms with Crippen LogP contribution in [0.5, 0.6) is 0 Å². The van der Waals surface area contributed by atoms with E-state index >= 15 is 0 Å². The van der Waals surface area contributed by atoms with Crippen LogP contribution in [0.1, 0.15) is 11.3 Å². The molecule has 0 bridgehead atoms. The van der Waals surface area contributed by atoms with Gasteiger partial charge in [0.1, 0.15) is 5.76 Å². The summed E-state index contributed by atoms with van der Waals surface area (Å²) in [4.78, 5) is 16.8. The molecule has 0 spiro atoms. The first-order valence-corrected chi connectivity index (χ1v) is 10.2. The number of fused-ring (bicyclic) bond motifs is 1. The highest BCUT2D eigenvalue weighted by molar-refractivity contribution is 7.99. The molecular formula is C21H17ClN4O2S. The first-order chi connectivity index (χ1) is 14.2. The molecule has 0 fully saturated rings. The van der Waals surface area contributed by atoms with Gasteiger partial charge in [-0.3, -0.25) is 4.79 Å². The second-order valence-corrected chi connectivity index (χ2v) is 7.51. The number of aromatic nitrogens is 2. The highest BCUT2D eigenvalue weighted by Crippen LogP contribution is 2.26. The van der Waals surface area contributed by atoms with E-state index in [0.717, 1.165) is 21.8 Å². The fourth-order valence-corrected chi connectivity index (χ4v) is 3.81. The number of halogens is 1. The number of amides is 1. The average Bonchev–Trinajstić information content (AvgIpc) is 3.36. The van der Waals surface area contributed by atoms with E-state index in [-0.39, 0.29) is 11.7 Å². The van der Waals surface area contributed by atoms with Gasteiger partial charge in [-0.15, -0.1) is 0 Å². The first-order valence-electron chi connectivity index (χ1n) is 8.87. The van der Waals surface area contributed by atoms with Crippen LogP contribution >= 0.6 is 23.4 Å². The zero-order chi connectivity index (χ0) is 20.1. The molecule has 0 saturated heterocycles. The molecule has 0 atom stereocenters. The van der Waals surface area contributed by atoms with Crippen molar-refractivity contribution < 1.29 is 9.21 Å².